The van der Waals surface area contributed by atoms with E-state index in [1.807, 2.05) is 0 Å². The first-order valence-electron chi connectivity index (χ1n) is 10.9. The molecule has 1 aromatic rings. The van der Waals surface area contributed by atoms with Crippen molar-refractivity contribution < 1.29 is 14.3 Å². The van der Waals surface area contributed by atoms with Gasteiger partial charge in [-0.25, -0.2) is 4.79 Å². The Morgan fingerprint density at radius 3 is 2.52 bits per heavy atom. The number of rotatable bonds is 8. The highest BCUT2D eigenvalue weighted by Gasteiger charge is 2.25. The van der Waals surface area contributed by atoms with Crippen LogP contribution in [0.3, 0.4) is 0 Å². The number of likely N-dealkylation sites (tertiary alicyclic amines) is 2. The van der Waals surface area contributed by atoms with E-state index in [1.165, 1.54) is 58.3 Å². The van der Waals surface area contributed by atoms with E-state index in [0.29, 0.717) is 23.7 Å². The first-order chi connectivity index (χ1) is 14.2. The molecule has 0 atom stereocenters. The molecule has 0 radical (unpaired) electrons. The van der Waals surface area contributed by atoms with Crippen LogP contribution in [-0.4, -0.2) is 75.4 Å². The predicted octanol–water partition coefficient (Wildman–Crippen LogP) is 3.17. The Kier molecular flexibility index (Phi) is 8.43. The highest BCUT2D eigenvalue weighted by atomic mass is 16.5. The minimum Gasteiger partial charge on any atom is -0.497 e. The summed E-state index contributed by atoms with van der Waals surface area (Å²) in [6.07, 6.45) is 7.67. The number of nitrogens with zero attached hydrogens (tertiary/aromatic N) is 2. The molecule has 29 heavy (non-hydrogen) atoms. The Hall–Kier alpha value is -1.99. The third-order valence-corrected chi connectivity index (χ3v) is 6.06. The van der Waals surface area contributed by atoms with Gasteiger partial charge in [0, 0.05) is 18.7 Å². The van der Waals surface area contributed by atoms with Gasteiger partial charge in [0.15, 0.2) is 0 Å². The van der Waals surface area contributed by atoms with Crippen LogP contribution in [0.15, 0.2) is 18.2 Å². The molecule has 162 valence electrons. The summed E-state index contributed by atoms with van der Waals surface area (Å²) in [6.45, 7) is 6.65. The standard InChI is InChI=1S/C22H36N4O3/c1-28-19-7-8-20(21(17-19)29-2)24-22(27)23-11-6-12-25-15-9-18(10-16-25)26-13-4-3-5-14-26/h7-8,17-18H,3-6,9-16H2,1-2H3,(H2,23,24,27). The largest absolute Gasteiger partial charge is 0.497 e. The summed E-state index contributed by atoms with van der Waals surface area (Å²) < 4.78 is 10.5. The molecule has 2 fully saturated rings. The number of hydrogen-bond acceptors (Lipinski definition) is 5. The Morgan fingerprint density at radius 1 is 1.07 bits per heavy atom. The van der Waals surface area contributed by atoms with Crippen LogP contribution in [0.25, 0.3) is 0 Å². The topological polar surface area (TPSA) is 66.1 Å². The van der Waals surface area contributed by atoms with Crippen LogP contribution in [0.2, 0.25) is 0 Å². The highest BCUT2D eigenvalue weighted by molar-refractivity contribution is 5.91. The minimum atomic E-state index is -0.211. The van der Waals surface area contributed by atoms with Gasteiger partial charge in [-0.15, -0.1) is 0 Å². The molecule has 2 saturated heterocycles. The van der Waals surface area contributed by atoms with E-state index < -0.39 is 0 Å². The fraction of sp³-hybridized carbons (Fsp3) is 0.682. The molecule has 0 aromatic heterocycles. The van der Waals surface area contributed by atoms with Crippen molar-refractivity contribution in [2.45, 2.75) is 44.6 Å². The summed E-state index contributed by atoms with van der Waals surface area (Å²) in [7, 11) is 3.18. The van der Waals surface area contributed by atoms with Gasteiger partial charge in [0.2, 0.25) is 0 Å². The van der Waals surface area contributed by atoms with Gasteiger partial charge >= 0.3 is 6.03 Å². The molecule has 7 nitrogen and oxygen atoms in total. The van der Waals surface area contributed by atoms with Gasteiger partial charge in [-0.2, -0.15) is 0 Å². The molecule has 0 unspecified atom stereocenters. The lowest BCUT2D eigenvalue weighted by molar-refractivity contribution is 0.0922. The summed E-state index contributed by atoms with van der Waals surface area (Å²) in [5.41, 5.74) is 0.630. The second-order valence-corrected chi connectivity index (χ2v) is 7.97. The first kappa shape index (κ1) is 21.7. The maximum absolute atomic E-state index is 12.2. The molecule has 0 aliphatic carbocycles. The van der Waals surface area contributed by atoms with Gasteiger partial charge in [0.25, 0.3) is 0 Å². The molecule has 0 spiro atoms. The van der Waals surface area contributed by atoms with Gasteiger partial charge in [0.05, 0.1) is 19.9 Å². The molecule has 2 heterocycles. The number of carbonyl (C=O) groups excluding carboxylic acids is 1. The zero-order chi connectivity index (χ0) is 20.5. The summed E-state index contributed by atoms with van der Waals surface area (Å²) in [5, 5.41) is 5.78. The normalized spacial score (nSPS) is 19.0. The van der Waals surface area contributed by atoms with Crippen molar-refractivity contribution in [1.29, 1.82) is 0 Å². The van der Waals surface area contributed by atoms with Crippen molar-refractivity contribution in [3.05, 3.63) is 18.2 Å². The number of urea groups is 1. The number of carbonyl (C=O) groups is 1. The summed E-state index contributed by atoms with van der Waals surface area (Å²) >= 11 is 0. The monoisotopic (exact) mass is 404 g/mol. The molecule has 7 heteroatoms. The second-order valence-electron chi connectivity index (χ2n) is 7.97. The lowest BCUT2D eigenvalue weighted by Crippen LogP contribution is -2.47. The number of ether oxygens (including phenoxy) is 2. The highest BCUT2D eigenvalue weighted by Crippen LogP contribution is 2.28. The first-order valence-corrected chi connectivity index (χ1v) is 10.9. The number of amides is 2. The van der Waals surface area contributed by atoms with Crippen molar-refractivity contribution in [2.24, 2.45) is 0 Å². The van der Waals surface area contributed by atoms with Crippen molar-refractivity contribution in [3.8, 4) is 11.5 Å². The quantitative estimate of drug-likeness (QED) is 0.652. The van der Waals surface area contributed by atoms with Crippen LogP contribution < -0.4 is 20.1 Å². The van der Waals surface area contributed by atoms with Gasteiger partial charge in [-0.1, -0.05) is 6.42 Å². The van der Waals surface area contributed by atoms with Crippen molar-refractivity contribution in [3.63, 3.8) is 0 Å². The Labute approximate surface area is 174 Å². The zero-order valence-electron chi connectivity index (χ0n) is 17.9. The molecule has 0 bridgehead atoms. The number of hydrogen-bond donors (Lipinski definition) is 2. The summed E-state index contributed by atoms with van der Waals surface area (Å²) in [4.78, 5) is 17.4. The van der Waals surface area contributed by atoms with Crippen molar-refractivity contribution in [2.75, 3.05) is 58.8 Å². The fourth-order valence-corrected chi connectivity index (χ4v) is 4.36. The molecule has 2 aliphatic rings. The minimum absolute atomic E-state index is 0.211. The molecule has 1 aromatic carbocycles. The van der Waals surface area contributed by atoms with Crippen LogP contribution >= 0.6 is 0 Å². The van der Waals surface area contributed by atoms with E-state index in [9.17, 15) is 4.79 Å². The molecule has 3 rings (SSSR count). The average molecular weight is 405 g/mol. The number of nitrogens with one attached hydrogen (secondary N) is 2. The number of benzene rings is 1. The van der Waals surface area contributed by atoms with Crippen molar-refractivity contribution >= 4 is 11.7 Å². The molecule has 2 aliphatic heterocycles. The van der Waals surface area contributed by atoms with E-state index in [4.69, 9.17) is 9.47 Å². The fourth-order valence-electron chi connectivity index (χ4n) is 4.36. The van der Waals surface area contributed by atoms with Crippen LogP contribution in [0.5, 0.6) is 11.5 Å². The lowest BCUT2D eigenvalue weighted by Gasteiger charge is -2.40. The second kappa shape index (κ2) is 11.3. The summed E-state index contributed by atoms with van der Waals surface area (Å²) in [5.74, 6) is 1.27. The maximum Gasteiger partial charge on any atom is 0.319 e. The SMILES string of the molecule is COc1ccc(NC(=O)NCCCN2CCC(N3CCCCC3)CC2)c(OC)c1. The molecule has 2 amide bonds. The zero-order valence-corrected chi connectivity index (χ0v) is 17.9. The lowest BCUT2D eigenvalue weighted by atomic mass is 10.00. The maximum atomic E-state index is 12.2. The van der Waals surface area contributed by atoms with E-state index in [0.717, 1.165) is 19.0 Å². The Bertz CT molecular complexity index is 641. The van der Waals surface area contributed by atoms with Crippen LogP contribution in [0.4, 0.5) is 10.5 Å². The van der Waals surface area contributed by atoms with Crippen LogP contribution in [-0.2, 0) is 0 Å². The molecular formula is C22H36N4O3. The predicted molar refractivity (Wildman–Crippen MR) is 116 cm³/mol. The van der Waals surface area contributed by atoms with E-state index in [1.54, 1.807) is 32.4 Å². The third-order valence-electron chi connectivity index (χ3n) is 6.06. The molecule has 0 saturated carbocycles. The number of methoxy groups -OCH3 is 2. The Balaban J connectivity index is 1.31. The number of anilines is 1. The van der Waals surface area contributed by atoms with E-state index in [-0.39, 0.29) is 6.03 Å². The van der Waals surface area contributed by atoms with Gasteiger partial charge < -0.3 is 29.9 Å². The van der Waals surface area contributed by atoms with Gasteiger partial charge in [-0.3, -0.25) is 0 Å². The van der Waals surface area contributed by atoms with Gasteiger partial charge in [0.1, 0.15) is 11.5 Å². The Morgan fingerprint density at radius 2 is 1.83 bits per heavy atom. The van der Waals surface area contributed by atoms with E-state index in [2.05, 4.69) is 20.4 Å². The van der Waals surface area contributed by atoms with Crippen molar-refractivity contribution in [1.82, 2.24) is 15.1 Å². The number of piperidine rings is 2. The third kappa shape index (κ3) is 6.51. The molecular weight excluding hydrogens is 368 g/mol. The summed E-state index contributed by atoms with van der Waals surface area (Å²) in [6, 6.07) is 5.91. The van der Waals surface area contributed by atoms with Gasteiger partial charge in [-0.05, 0) is 77.0 Å². The van der Waals surface area contributed by atoms with Crippen LogP contribution in [0, 0.1) is 0 Å². The smallest absolute Gasteiger partial charge is 0.319 e. The van der Waals surface area contributed by atoms with E-state index >= 15 is 0 Å². The van der Waals surface area contributed by atoms with Crippen LogP contribution in [0.1, 0.15) is 38.5 Å². The average Bonchev–Trinajstić information content (AvgIpc) is 2.78. The molecule has 2 N–H and O–H groups in total.